The van der Waals surface area contributed by atoms with Crippen LogP contribution in [0.5, 0.6) is 0 Å². The zero-order valence-corrected chi connectivity index (χ0v) is 13.4. The van der Waals surface area contributed by atoms with Gasteiger partial charge in [0.25, 0.3) is 0 Å². The van der Waals surface area contributed by atoms with E-state index >= 15 is 0 Å². The van der Waals surface area contributed by atoms with E-state index in [1.165, 1.54) is 5.56 Å². The molecule has 1 N–H and O–H groups in total. The van der Waals surface area contributed by atoms with Gasteiger partial charge >= 0.3 is 0 Å². The fourth-order valence-corrected chi connectivity index (χ4v) is 3.23. The van der Waals surface area contributed by atoms with Crippen molar-refractivity contribution in [1.82, 2.24) is 15.3 Å². The molecule has 6 heteroatoms. The van der Waals surface area contributed by atoms with Gasteiger partial charge < -0.3 is 15.0 Å². The van der Waals surface area contributed by atoms with Crippen LogP contribution < -0.4 is 10.2 Å². The van der Waals surface area contributed by atoms with Crippen LogP contribution in [0.4, 0.5) is 5.82 Å². The highest BCUT2D eigenvalue weighted by atomic mass is 16.5. The Morgan fingerprint density at radius 1 is 1.41 bits per heavy atom. The molecule has 2 aliphatic heterocycles. The number of anilines is 1. The number of hydrogen-bond donors (Lipinski definition) is 1. The molecule has 0 aromatic carbocycles. The second kappa shape index (κ2) is 6.20. The summed E-state index contributed by atoms with van der Waals surface area (Å²) in [5.74, 6) is 1.88. The van der Waals surface area contributed by atoms with E-state index in [-0.39, 0.29) is 18.1 Å². The van der Waals surface area contributed by atoms with Crippen molar-refractivity contribution in [3.63, 3.8) is 0 Å². The first-order valence-electron chi connectivity index (χ1n) is 8.10. The van der Waals surface area contributed by atoms with Gasteiger partial charge in [0.1, 0.15) is 18.2 Å². The van der Waals surface area contributed by atoms with E-state index in [1.54, 1.807) is 0 Å². The maximum atomic E-state index is 11.3. The van der Waals surface area contributed by atoms with E-state index in [9.17, 15) is 4.79 Å². The number of hydrogen-bond acceptors (Lipinski definition) is 5. The van der Waals surface area contributed by atoms with Crippen molar-refractivity contribution in [2.45, 2.75) is 45.1 Å². The molecule has 0 saturated carbocycles. The average Bonchev–Trinajstić information content (AvgIpc) is 2.53. The molecule has 1 spiro atoms. The van der Waals surface area contributed by atoms with E-state index in [0.29, 0.717) is 6.54 Å². The molecule has 0 unspecified atom stereocenters. The van der Waals surface area contributed by atoms with Crippen molar-refractivity contribution in [3.8, 4) is 0 Å². The lowest BCUT2D eigenvalue weighted by Gasteiger charge is -2.44. The van der Waals surface area contributed by atoms with E-state index in [2.05, 4.69) is 27.1 Å². The molecule has 1 amide bonds. The first kappa shape index (κ1) is 15.2. The van der Waals surface area contributed by atoms with Crippen molar-refractivity contribution in [1.29, 1.82) is 0 Å². The molecule has 2 aliphatic rings. The summed E-state index contributed by atoms with van der Waals surface area (Å²) in [5, 5.41) is 2.93. The molecule has 2 fully saturated rings. The summed E-state index contributed by atoms with van der Waals surface area (Å²) in [6.07, 6.45) is 5.89. The van der Waals surface area contributed by atoms with Crippen LogP contribution in [0.25, 0.3) is 0 Å². The summed E-state index contributed by atoms with van der Waals surface area (Å²) in [5.41, 5.74) is 1.04. The molecule has 6 nitrogen and oxygen atoms in total. The third-order valence-electron chi connectivity index (χ3n) is 4.57. The summed E-state index contributed by atoms with van der Waals surface area (Å²) in [4.78, 5) is 22.6. The van der Waals surface area contributed by atoms with Crippen LogP contribution in [0.15, 0.2) is 6.20 Å². The van der Waals surface area contributed by atoms with E-state index < -0.39 is 0 Å². The molecule has 1 aromatic rings. The van der Waals surface area contributed by atoms with Crippen LogP contribution >= 0.6 is 0 Å². The minimum Gasteiger partial charge on any atom is -0.363 e. The number of rotatable bonds is 3. The Morgan fingerprint density at radius 2 is 2.18 bits per heavy atom. The highest BCUT2D eigenvalue weighted by Gasteiger charge is 2.39. The molecule has 0 aliphatic carbocycles. The number of aromatic nitrogens is 2. The third-order valence-corrected chi connectivity index (χ3v) is 4.57. The number of nitrogens with one attached hydrogen (secondary N) is 1. The number of carbonyl (C=O) groups is 1. The van der Waals surface area contributed by atoms with Crippen molar-refractivity contribution in [2.24, 2.45) is 0 Å². The van der Waals surface area contributed by atoms with Crippen molar-refractivity contribution in [3.05, 3.63) is 17.6 Å². The monoisotopic (exact) mass is 304 g/mol. The fraction of sp³-hybridized carbons (Fsp3) is 0.688. The van der Waals surface area contributed by atoms with Gasteiger partial charge in [0, 0.05) is 31.4 Å². The maximum Gasteiger partial charge on any atom is 0.246 e. The predicted molar refractivity (Wildman–Crippen MR) is 83.9 cm³/mol. The Kier molecular flexibility index (Phi) is 4.29. The third kappa shape index (κ3) is 3.06. The van der Waals surface area contributed by atoms with Gasteiger partial charge in [-0.1, -0.05) is 13.3 Å². The summed E-state index contributed by atoms with van der Waals surface area (Å²) in [6, 6.07) is 0. The number of nitrogens with zero attached hydrogens (tertiary/aromatic N) is 3. The standard InChI is InChI=1S/C16H24N4O2/c1-3-4-13-9-17-12(2)19-15(13)20-7-5-16(6-8-20)11-18-14(21)10-22-16/h9H,3-8,10-11H2,1-2H3,(H,18,21). The maximum absolute atomic E-state index is 11.3. The molecule has 0 radical (unpaired) electrons. The first-order chi connectivity index (χ1) is 10.6. The van der Waals surface area contributed by atoms with Gasteiger partial charge in [0.15, 0.2) is 0 Å². The van der Waals surface area contributed by atoms with Gasteiger partial charge in [-0.2, -0.15) is 0 Å². The van der Waals surface area contributed by atoms with Gasteiger partial charge in [-0.25, -0.2) is 9.97 Å². The van der Waals surface area contributed by atoms with Crippen LogP contribution in [0.1, 0.15) is 37.6 Å². The second-order valence-corrected chi connectivity index (χ2v) is 6.25. The molecule has 1 aromatic heterocycles. The van der Waals surface area contributed by atoms with Crippen LogP contribution in [-0.4, -0.2) is 47.7 Å². The molecular weight excluding hydrogens is 280 g/mol. The Labute approximate surface area is 131 Å². The number of piperidine rings is 1. The van der Waals surface area contributed by atoms with Gasteiger partial charge in [-0.05, 0) is 26.2 Å². The summed E-state index contributed by atoms with van der Waals surface area (Å²) < 4.78 is 5.83. The number of ether oxygens (including phenoxy) is 1. The molecule has 3 heterocycles. The lowest BCUT2D eigenvalue weighted by atomic mass is 9.89. The Bertz CT molecular complexity index is 541. The Morgan fingerprint density at radius 3 is 2.82 bits per heavy atom. The SMILES string of the molecule is CCCc1cnc(C)nc1N1CCC2(CC1)CNC(=O)CO2. The minimum atomic E-state index is -0.183. The predicted octanol–water partition coefficient (Wildman–Crippen LogP) is 1.22. The first-order valence-corrected chi connectivity index (χ1v) is 8.10. The van der Waals surface area contributed by atoms with E-state index in [0.717, 1.165) is 50.4 Å². The van der Waals surface area contributed by atoms with E-state index in [4.69, 9.17) is 4.74 Å². The lowest BCUT2D eigenvalue weighted by Crippen LogP contribution is -2.57. The Hall–Kier alpha value is -1.69. The largest absolute Gasteiger partial charge is 0.363 e. The lowest BCUT2D eigenvalue weighted by molar-refractivity contribution is -0.146. The molecule has 0 atom stereocenters. The fourth-order valence-electron chi connectivity index (χ4n) is 3.23. The van der Waals surface area contributed by atoms with Crippen molar-refractivity contribution < 1.29 is 9.53 Å². The second-order valence-electron chi connectivity index (χ2n) is 6.25. The van der Waals surface area contributed by atoms with Crippen molar-refractivity contribution in [2.75, 3.05) is 31.1 Å². The molecule has 2 saturated heterocycles. The summed E-state index contributed by atoms with van der Waals surface area (Å²) in [7, 11) is 0. The number of aryl methyl sites for hydroxylation is 2. The van der Waals surface area contributed by atoms with Crippen LogP contribution in [0.3, 0.4) is 0 Å². The van der Waals surface area contributed by atoms with E-state index in [1.807, 2.05) is 13.1 Å². The van der Waals surface area contributed by atoms with Gasteiger partial charge in [-0.15, -0.1) is 0 Å². The van der Waals surface area contributed by atoms with Gasteiger partial charge in [0.05, 0.1) is 5.60 Å². The van der Waals surface area contributed by atoms with Crippen LogP contribution in [0, 0.1) is 6.92 Å². The molecule has 120 valence electrons. The normalized spacial score (nSPS) is 21.0. The summed E-state index contributed by atoms with van der Waals surface area (Å²) >= 11 is 0. The van der Waals surface area contributed by atoms with Crippen molar-refractivity contribution >= 4 is 11.7 Å². The number of morpholine rings is 1. The topological polar surface area (TPSA) is 67.4 Å². The highest BCUT2D eigenvalue weighted by molar-refractivity contribution is 5.78. The molecule has 0 bridgehead atoms. The molecule has 22 heavy (non-hydrogen) atoms. The molecule has 3 rings (SSSR count). The molecular formula is C16H24N4O2. The Balaban J connectivity index is 1.71. The average molecular weight is 304 g/mol. The zero-order chi connectivity index (χ0) is 15.6. The zero-order valence-electron chi connectivity index (χ0n) is 13.4. The van der Waals surface area contributed by atoms with Gasteiger partial charge in [0.2, 0.25) is 5.91 Å². The van der Waals surface area contributed by atoms with Gasteiger partial charge in [-0.3, -0.25) is 4.79 Å². The van der Waals surface area contributed by atoms with Crippen LogP contribution in [-0.2, 0) is 16.0 Å². The quantitative estimate of drug-likeness (QED) is 0.909. The summed E-state index contributed by atoms with van der Waals surface area (Å²) in [6.45, 7) is 6.74. The van der Waals surface area contributed by atoms with Crippen LogP contribution in [0.2, 0.25) is 0 Å². The smallest absolute Gasteiger partial charge is 0.246 e. The number of amides is 1. The highest BCUT2D eigenvalue weighted by Crippen LogP contribution is 2.31. The number of carbonyl (C=O) groups excluding carboxylic acids is 1. The minimum absolute atomic E-state index is 0.00953.